The lowest BCUT2D eigenvalue weighted by molar-refractivity contribution is 0.0816. The summed E-state index contributed by atoms with van der Waals surface area (Å²) in [6.45, 7) is 1.80. The summed E-state index contributed by atoms with van der Waals surface area (Å²) in [6.07, 6.45) is -0.0418. The maximum absolute atomic E-state index is 12.2. The molecule has 3 nitrogen and oxygen atoms in total. The Bertz CT molecular complexity index is 563. The van der Waals surface area contributed by atoms with Gasteiger partial charge in [0.25, 0.3) is 0 Å². The zero-order chi connectivity index (χ0) is 14.4. The van der Waals surface area contributed by atoms with E-state index in [1.807, 2.05) is 42.5 Å². The van der Waals surface area contributed by atoms with Crippen LogP contribution in [0.25, 0.3) is 0 Å². The second kappa shape index (κ2) is 6.87. The summed E-state index contributed by atoms with van der Waals surface area (Å²) in [5, 5.41) is 9.04. The lowest BCUT2D eigenvalue weighted by atomic mass is 10.1. The first-order valence-corrected chi connectivity index (χ1v) is 6.67. The summed E-state index contributed by atoms with van der Waals surface area (Å²) in [5.74, 6) is 0.600. The Morgan fingerprint density at radius 3 is 2.45 bits per heavy atom. The maximum atomic E-state index is 12.2. The van der Waals surface area contributed by atoms with E-state index < -0.39 is 6.10 Å². The second-order valence-electron chi connectivity index (χ2n) is 4.57. The van der Waals surface area contributed by atoms with Gasteiger partial charge in [-0.3, -0.25) is 4.79 Å². The molecule has 0 aliphatic rings. The summed E-state index contributed by atoms with van der Waals surface area (Å²) in [5.41, 5.74) is 1.54. The number of hydrogen-bond acceptors (Lipinski definition) is 3. The van der Waals surface area contributed by atoms with Crippen molar-refractivity contribution >= 4 is 5.78 Å². The van der Waals surface area contributed by atoms with Crippen LogP contribution in [0.3, 0.4) is 0 Å². The molecular formula is C17H18O3. The monoisotopic (exact) mass is 270 g/mol. The normalized spacial score (nSPS) is 11.9. The average Bonchev–Trinajstić information content (AvgIpc) is 2.49. The van der Waals surface area contributed by atoms with Gasteiger partial charge < -0.3 is 9.84 Å². The van der Waals surface area contributed by atoms with Gasteiger partial charge in [-0.1, -0.05) is 48.5 Å². The van der Waals surface area contributed by atoms with Gasteiger partial charge in [0.15, 0.2) is 6.10 Å². The van der Waals surface area contributed by atoms with Gasteiger partial charge in [0.05, 0.1) is 0 Å². The number of aliphatic hydroxyl groups is 1. The molecule has 1 atom stereocenters. The molecule has 20 heavy (non-hydrogen) atoms. The number of ether oxygens (including phenoxy) is 1. The van der Waals surface area contributed by atoms with Crippen molar-refractivity contribution < 1.29 is 14.6 Å². The maximum Gasteiger partial charge on any atom is 0.202 e. The van der Waals surface area contributed by atoms with Gasteiger partial charge in [-0.15, -0.1) is 0 Å². The fourth-order valence-electron chi connectivity index (χ4n) is 2.03. The van der Waals surface area contributed by atoms with Gasteiger partial charge in [-0.25, -0.2) is 0 Å². The first kappa shape index (κ1) is 14.3. The number of carbonyl (C=O) groups excluding carboxylic acids is 1. The van der Waals surface area contributed by atoms with Gasteiger partial charge in [-0.05, 0) is 25.0 Å². The minimum absolute atomic E-state index is 0.0515. The number of rotatable bonds is 6. The third-order valence-electron chi connectivity index (χ3n) is 3.09. The molecule has 0 radical (unpaired) electrons. The molecule has 0 aliphatic carbocycles. The van der Waals surface area contributed by atoms with Crippen LogP contribution in [-0.4, -0.2) is 23.6 Å². The molecule has 1 unspecified atom stereocenters. The van der Waals surface area contributed by atoms with E-state index in [4.69, 9.17) is 9.84 Å². The van der Waals surface area contributed by atoms with Crippen molar-refractivity contribution in [1.82, 2.24) is 0 Å². The molecule has 0 fully saturated rings. The van der Waals surface area contributed by atoms with Gasteiger partial charge in [0, 0.05) is 12.2 Å². The zero-order valence-corrected chi connectivity index (χ0v) is 11.5. The second-order valence-corrected chi connectivity index (χ2v) is 4.57. The highest BCUT2D eigenvalue weighted by atomic mass is 16.5. The lowest BCUT2D eigenvalue weighted by Gasteiger charge is -2.16. The lowest BCUT2D eigenvalue weighted by Crippen LogP contribution is -2.24. The highest BCUT2D eigenvalue weighted by Crippen LogP contribution is 2.20. The quantitative estimate of drug-likeness (QED) is 0.821. The molecule has 104 valence electrons. The molecule has 0 bridgehead atoms. The van der Waals surface area contributed by atoms with Gasteiger partial charge in [0.2, 0.25) is 5.78 Å². The van der Waals surface area contributed by atoms with Crippen LogP contribution >= 0.6 is 0 Å². The fraction of sp³-hybridized carbons (Fsp3) is 0.235. The molecule has 0 aliphatic heterocycles. The third-order valence-corrected chi connectivity index (χ3v) is 3.09. The zero-order valence-electron chi connectivity index (χ0n) is 11.5. The molecule has 2 rings (SSSR count). The first-order chi connectivity index (χ1) is 9.72. The van der Waals surface area contributed by atoms with Crippen molar-refractivity contribution in [3.63, 3.8) is 0 Å². The Labute approximate surface area is 118 Å². The molecule has 0 amide bonds. The van der Waals surface area contributed by atoms with Crippen LogP contribution < -0.4 is 4.74 Å². The predicted octanol–water partition coefficient (Wildman–Crippen LogP) is 2.87. The van der Waals surface area contributed by atoms with E-state index in [2.05, 4.69) is 0 Å². The number of para-hydroxylation sites is 1. The van der Waals surface area contributed by atoms with Gasteiger partial charge >= 0.3 is 0 Å². The van der Waals surface area contributed by atoms with E-state index in [1.54, 1.807) is 19.1 Å². The molecule has 0 aromatic heterocycles. The highest BCUT2D eigenvalue weighted by Gasteiger charge is 2.17. The number of ketones is 1. The van der Waals surface area contributed by atoms with E-state index in [1.165, 1.54) is 0 Å². The molecule has 3 heteroatoms. The number of benzene rings is 2. The van der Waals surface area contributed by atoms with Crippen LogP contribution in [0.4, 0.5) is 0 Å². The Morgan fingerprint density at radius 2 is 1.75 bits per heavy atom. The van der Waals surface area contributed by atoms with E-state index in [0.717, 1.165) is 5.56 Å². The van der Waals surface area contributed by atoms with Crippen LogP contribution in [0.2, 0.25) is 0 Å². The summed E-state index contributed by atoms with van der Waals surface area (Å²) < 4.78 is 5.75. The number of Topliss-reactive ketones (excluding diaryl/α,β-unsaturated/α-hetero) is 1. The SMILES string of the molecule is CC(Oc1ccccc1CCO)C(=O)c1ccccc1. The van der Waals surface area contributed by atoms with Crippen LogP contribution in [0.5, 0.6) is 5.75 Å². The highest BCUT2D eigenvalue weighted by molar-refractivity contribution is 5.99. The molecule has 0 heterocycles. The van der Waals surface area contributed by atoms with E-state index >= 15 is 0 Å². The van der Waals surface area contributed by atoms with Crippen molar-refractivity contribution in [2.45, 2.75) is 19.4 Å². The minimum Gasteiger partial charge on any atom is -0.482 e. The molecule has 1 N–H and O–H groups in total. The summed E-state index contributed by atoms with van der Waals surface area (Å²) in [7, 11) is 0. The van der Waals surface area contributed by atoms with Gasteiger partial charge in [0.1, 0.15) is 5.75 Å². The van der Waals surface area contributed by atoms with E-state index in [0.29, 0.717) is 17.7 Å². The van der Waals surface area contributed by atoms with Crippen molar-refractivity contribution in [1.29, 1.82) is 0 Å². The van der Waals surface area contributed by atoms with Crippen molar-refractivity contribution in [3.8, 4) is 5.75 Å². The minimum atomic E-state index is -0.558. The predicted molar refractivity (Wildman–Crippen MR) is 78.1 cm³/mol. The Morgan fingerprint density at radius 1 is 1.10 bits per heavy atom. The Hall–Kier alpha value is -2.13. The van der Waals surface area contributed by atoms with Crippen molar-refractivity contribution in [2.75, 3.05) is 6.61 Å². The largest absolute Gasteiger partial charge is 0.482 e. The number of carbonyl (C=O) groups is 1. The molecular weight excluding hydrogens is 252 g/mol. The summed E-state index contributed by atoms with van der Waals surface area (Å²) >= 11 is 0. The smallest absolute Gasteiger partial charge is 0.202 e. The van der Waals surface area contributed by atoms with Crippen LogP contribution in [0.15, 0.2) is 54.6 Å². The molecule has 0 spiro atoms. The number of aliphatic hydroxyl groups excluding tert-OH is 1. The number of hydrogen-bond donors (Lipinski definition) is 1. The van der Waals surface area contributed by atoms with Crippen molar-refractivity contribution in [2.24, 2.45) is 0 Å². The summed E-state index contributed by atoms with van der Waals surface area (Å²) in [6, 6.07) is 16.6. The van der Waals surface area contributed by atoms with E-state index in [-0.39, 0.29) is 12.4 Å². The Kier molecular flexibility index (Phi) is 4.91. The first-order valence-electron chi connectivity index (χ1n) is 6.67. The van der Waals surface area contributed by atoms with Crippen LogP contribution in [-0.2, 0) is 6.42 Å². The molecule has 0 saturated heterocycles. The van der Waals surface area contributed by atoms with Crippen LogP contribution in [0, 0.1) is 0 Å². The average molecular weight is 270 g/mol. The van der Waals surface area contributed by atoms with E-state index in [9.17, 15) is 4.79 Å². The molecule has 0 saturated carbocycles. The summed E-state index contributed by atoms with van der Waals surface area (Å²) in [4.78, 5) is 12.2. The molecule has 2 aromatic rings. The van der Waals surface area contributed by atoms with Crippen LogP contribution in [0.1, 0.15) is 22.8 Å². The third kappa shape index (κ3) is 3.45. The van der Waals surface area contributed by atoms with Crippen molar-refractivity contribution in [3.05, 3.63) is 65.7 Å². The standard InChI is InChI=1S/C17H18O3/c1-13(17(19)15-8-3-2-4-9-15)20-16-10-6-5-7-14(16)11-12-18/h2-10,13,18H,11-12H2,1H3. The topological polar surface area (TPSA) is 46.5 Å². The molecule has 2 aromatic carbocycles. The van der Waals surface area contributed by atoms with Gasteiger partial charge in [-0.2, -0.15) is 0 Å². The Balaban J connectivity index is 2.12. The fourth-order valence-corrected chi connectivity index (χ4v) is 2.03.